The maximum absolute atomic E-state index is 12.4. The van der Waals surface area contributed by atoms with E-state index in [0.29, 0.717) is 0 Å². The van der Waals surface area contributed by atoms with Gasteiger partial charge in [0.15, 0.2) is 5.78 Å². The predicted molar refractivity (Wildman–Crippen MR) is 88.4 cm³/mol. The Morgan fingerprint density at radius 2 is 1.91 bits per heavy atom. The van der Waals surface area contributed by atoms with Crippen LogP contribution < -0.4 is 17.7 Å². The number of quaternary nitrogens is 1. The number of aliphatic hydroxyl groups is 1. The monoisotopic (exact) mass is 337 g/mol. The van der Waals surface area contributed by atoms with Crippen LogP contribution in [0.25, 0.3) is 0 Å². The van der Waals surface area contributed by atoms with E-state index >= 15 is 0 Å². The minimum Gasteiger partial charge on any atom is -1.00 e. The largest absolute Gasteiger partial charge is 1.00 e. The van der Waals surface area contributed by atoms with Crippen LogP contribution >= 0.6 is 0 Å². The molecule has 3 N–H and O–H groups in total. The zero-order valence-electron chi connectivity index (χ0n) is 14.0. The number of halogens is 1. The lowest BCUT2D eigenvalue weighted by molar-refractivity contribution is -0.697. The number of carbonyl (C=O) groups is 1. The van der Waals surface area contributed by atoms with Crippen LogP contribution in [0, 0.1) is 5.92 Å². The molecule has 0 radical (unpaired) electrons. The highest BCUT2D eigenvalue weighted by Crippen LogP contribution is 2.20. The van der Waals surface area contributed by atoms with Gasteiger partial charge in [0.1, 0.15) is 12.1 Å². The fourth-order valence-corrected chi connectivity index (χ4v) is 2.99. The Kier molecular flexibility index (Phi) is 8.53. The van der Waals surface area contributed by atoms with E-state index in [1.54, 1.807) is 0 Å². The first-order chi connectivity index (χ1) is 10.6. The second-order valence-corrected chi connectivity index (χ2v) is 6.43. The summed E-state index contributed by atoms with van der Waals surface area (Å²) in [6.07, 6.45) is 5.93. The molecule has 1 aliphatic rings. The molecule has 0 amide bonds. The van der Waals surface area contributed by atoms with Gasteiger partial charge in [-0.2, -0.15) is 0 Å². The topological polar surface area (TPSA) is 53.9 Å². The zero-order valence-corrected chi connectivity index (χ0v) is 14.8. The molecule has 3 nitrogen and oxygen atoms in total. The number of hydrogen-bond acceptors (Lipinski definition) is 2. The summed E-state index contributed by atoms with van der Waals surface area (Å²) in [4.78, 5) is 12.4. The molecule has 4 heteroatoms. The van der Waals surface area contributed by atoms with Gasteiger partial charge in [-0.05, 0) is 50.7 Å². The maximum Gasteiger partial charge on any atom is 0.166 e. The Balaban J connectivity index is 0.00000264. The smallest absolute Gasteiger partial charge is 0.166 e. The van der Waals surface area contributed by atoms with E-state index in [9.17, 15) is 9.90 Å². The normalized spacial score (nSPS) is 18.3. The van der Waals surface area contributed by atoms with Gasteiger partial charge in [0.25, 0.3) is 0 Å². The van der Waals surface area contributed by atoms with E-state index in [0.717, 1.165) is 36.9 Å². The molecular weight excluding hydrogens is 310 g/mol. The third-order valence-corrected chi connectivity index (χ3v) is 4.56. The molecule has 3 unspecified atom stereocenters. The van der Waals surface area contributed by atoms with Crippen LogP contribution in [0.4, 0.5) is 0 Å². The molecule has 0 aromatic heterocycles. The highest BCUT2D eigenvalue weighted by molar-refractivity contribution is 5.97. The van der Waals surface area contributed by atoms with Crippen LogP contribution in [0.15, 0.2) is 42.0 Å². The SMILES string of the molecule is CC(C[NH2+]C(C)C(O)c1ccccc1)C(=O)C1=CCCCC1.[Cl-]. The van der Waals surface area contributed by atoms with Gasteiger partial charge in [0, 0.05) is 0 Å². The molecule has 0 fully saturated rings. The number of ketones is 1. The van der Waals surface area contributed by atoms with E-state index in [1.807, 2.05) is 44.2 Å². The molecule has 0 bridgehead atoms. The summed E-state index contributed by atoms with van der Waals surface area (Å²) < 4.78 is 0. The van der Waals surface area contributed by atoms with Crippen molar-refractivity contribution in [3.05, 3.63) is 47.5 Å². The van der Waals surface area contributed by atoms with Crippen molar-refractivity contribution < 1.29 is 27.6 Å². The first-order valence-electron chi connectivity index (χ1n) is 8.39. The average molecular weight is 338 g/mol. The standard InChI is InChI=1S/C19H27NO2.ClH/c1-14(18(21)16-9-5-3-6-10-16)13-20-15(2)19(22)17-11-7-4-8-12-17;/h4,7-9,11-12,14-15,19-20,22H,3,5-6,10,13H2,1-2H3;1H. The van der Waals surface area contributed by atoms with Gasteiger partial charge in [-0.3, -0.25) is 4.79 Å². The quantitative estimate of drug-likeness (QED) is 0.697. The van der Waals surface area contributed by atoms with E-state index < -0.39 is 6.10 Å². The van der Waals surface area contributed by atoms with Gasteiger partial charge in [-0.25, -0.2) is 0 Å². The molecule has 1 aromatic carbocycles. The van der Waals surface area contributed by atoms with Crippen molar-refractivity contribution in [2.45, 2.75) is 51.7 Å². The molecule has 0 saturated heterocycles. The molecule has 1 aliphatic carbocycles. The molecule has 128 valence electrons. The zero-order chi connectivity index (χ0) is 15.9. The van der Waals surface area contributed by atoms with Crippen molar-refractivity contribution in [3.8, 4) is 0 Å². The van der Waals surface area contributed by atoms with Crippen LogP contribution in [0.2, 0.25) is 0 Å². The lowest BCUT2D eigenvalue weighted by Crippen LogP contribution is -3.00. The van der Waals surface area contributed by atoms with Crippen LogP contribution in [-0.4, -0.2) is 23.5 Å². The van der Waals surface area contributed by atoms with Crippen LogP contribution in [0.1, 0.15) is 51.2 Å². The van der Waals surface area contributed by atoms with Crippen molar-refractivity contribution in [2.24, 2.45) is 5.92 Å². The number of Topliss-reactive ketones (excluding diaryl/α,β-unsaturated/α-hetero) is 1. The van der Waals surface area contributed by atoms with Gasteiger partial charge in [0.2, 0.25) is 0 Å². The second-order valence-electron chi connectivity index (χ2n) is 6.43. The van der Waals surface area contributed by atoms with Gasteiger partial charge < -0.3 is 22.8 Å². The number of hydrogen-bond donors (Lipinski definition) is 2. The van der Waals surface area contributed by atoms with Crippen LogP contribution in [0.5, 0.6) is 0 Å². The minimum atomic E-state index is -0.502. The third-order valence-electron chi connectivity index (χ3n) is 4.56. The third kappa shape index (κ3) is 5.76. The Morgan fingerprint density at radius 1 is 1.22 bits per heavy atom. The first kappa shape index (κ1) is 19.9. The van der Waals surface area contributed by atoms with Crippen molar-refractivity contribution in [1.82, 2.24) is 0 Å². The molecule has 0 aliphatic heterocycles. The summed E-state index contributed by atoms with van der Waals surface area (Å²) in [7, 11) is 0. The first-order valence-corrected chi connectivity index (χ1v) is 8.39. The predicted octanol–water partition coefficient (Wildman–Crippen LogP) is -0.618. The molecule has 0 spiro atoms. The molecule has 23 heavy (non-hydrogen) atoms. The maximum atomic E-state index is 12.4. The highest BCUT2D eigenvalue weighted by atomic mass is 35.5. The van der Waals surface area contributed by atoms with Gasteiger partial charge >= 0.3 is 0 Å². The highest BCUT2D eigenvalue weighted by Gasteiger charge is 2.24. The molecule has 3 atom stereocenters. The summed E-state index contributed by atoms with van der Waals surface area (Å²) in [6.45, 7) is 4.73. The summed E-state index contributed by atoms with van der Waals surface area (Å²) in [5, 5.41) is 12.4. The molecular formula is C19H28ClNO2. The number of carbonyl (C=O) groups excluding carboxylic acids is 1. The summed E-state index contributed by atoms with van der Waals surface area (Å²) in [6, 6.07) is 9.74. The number of aliphatic hydroxyl groups excluding tert-OH is 1. The van der Waals surface area contributed by atoms with E-state index in [2.05, 4.69) is 11.4 Å². The fraction of sp³-hybridized carbons (Fsp3) is 0.526. The fourth-order valence-electron chi connectivity index (χ4n) is 2.99. The molecule has 2 rings (SSSR count). The van der Waals surface area contributed by atoms with Crippen molar-refractivity contribution in [1.29, 1.82) is 0 Å². The van der Waals surface area contributed by atoms with Crippen molar-refractivity contribution in [3.63, 3.8) is 0 Å². The molecule has 0 saturated carbocycles. The summed E-state index contributed by atoms with van der Waals surface area (Å²) in [5.41, 5.74) is 1.95. The van der Waals surface area contributed by atoms with Crippen molar-refractivity contribution >= 4 is 5.78 Å². The van der Waals surface area contributed by atoms with Gasteiger partial charge in [0.05, 0.1) is 12.5 Å². The minimum absolute atomic E-state index is 0. The average Bonchev–Trinajstić information content (AvgIpc) is 2.59. The number of benzene rings is 1. The molecule has 0 heterocycles. The van der Waals surface area contributed by atoms with Gasteiger partial charge in [-0.15, -0.1) is 0 Å². The van der Waals surface area contributed by atoms with Gasteiger partial charge in [-0.1, -0.05) is 36.4 Å². The number of rotatable bonds is 7. The van der Waals surface area contributed by atoms with Crippen LogP contribution in [0.3, 0.4) is 0 Å². The van der Waals surface area contributed by atoms with E-state index in [-0.39, 0.29) is 30.2 Å². The Morgan fingerprint density at radius 3 is 2.52 bits per heavy atom. The molecule has 1 aromatic rings. The number of allylic oxidation sites excluding steroid dienone is 2. The lowest BCUT2D eigenvalue weighted by atomic mass is 9.90. The second kappa shape index (κ2) is 9.86. The number of nitrogens with two attached hydrogens (primary N) is 1. The Labute approximate surface area is 145 Å². The van der Waals surface area contributed by atoms with Crippen LogP contribution in [-0.2, 0) is 4.79 Å². The Bertz CT molecular complexity index is 515. The summed E-state index contributed by atoms with van der Waals surface area (Å²) in [5.74, 6) is 0.298. The van der Waals surface area contributed by atoms with Crippen molar-refractivity contribution in [2.75, 3.05) is 6.54 Å². The van der Waals surface area contributed by atoms with E-state index in [4.69, 9.17) is 0 Å². The lowest BCUT2D eigenvalue weighted by Gasteiger charge is -2.20. The van der Waals surface area contributed by atoms with E-state index in [1.165, 1.54) is 6.42 Å². The Hall–Kier alpha value is -1.16. The summed E-state index contributed by atoms with van der Waals surface area (Å²) >= 11 is 0.